The summed E-state index contributed by atoms with van der Waals surface area (Å²) < 4.78 is 4.87. The standard InChI is InChI=1S/C12H10N2O/c1-15-9-11(7-13)12(8-14)10-5-3-2-4-6-10/h2-6H,9H2,1H3/b12-11+. The van der Waals surface area contributed by atoms with Crippen LogP contribution >= 0.6 is 0 Å². The lowest BCUT2D eigenvalue weighted by Crippen LogP contribution is -1.96. The van der Waals surface area contributed by atoms with Crippen LogP contribution in [0.5, 0.6) is 0 Å². The normalized spacial score (nSPS) is 11.1. The molecule has 0 aromatic heterocycles. The molecule has 1 aromatic rings. The van der Waals surface area contributed by atoms with E-state index in [9.17, 15) is 0 Å². The summed E-state index contributed by atoms with van der Waals surface area (Å²) in [5.74, 6) is 0. The van der Waals surface area contributed by atoms with Crippen LogP contribution in [-0.2, 0) is 4.74 Å². The van der Waals surface area contributed by atoms with Crippen molar-refractivity contribution in [2.24, 2.45) is 0 Å². The maximum Gasteiger partial charge on any atom is 0.101 e. The summed E-state index contributed by atoms with van der Waals surface area (Å²) in [6.45, 7) is 0.161. The predicted octanol–water partition coefficient (Wildman–Crippen LogP) is 2.13. The molecule has 0 bridgehead atoms. The van der Waals surface area contributed by atoms with Gasteiger partial charge in [-0.3, -0.25) is 0 Å². The molecule has 74 valence electrons. The highest BCUT2D eigenvalue weighted by atomic mass is 16.5. The van der Waals surface area contributed by atoms with E-state index < -0.39 is 0 Å². The minimum atomic E-state index is 0.161. The fraction of sp³-hybridized carbons (Fsp3) is 0.167. The molecule has 1 rings (SSSR count). The molecule has 0 unspecified atom stereocenters. The van der Waals surface area contributed by atoms with E-state index in [1.807, 2.05) is 30.3 Å². The fourth-order valence-electron chi connectivity index (χ4n) is 1.22. The smallest absolute Gasteiger partial charge is 0.101 e. The molecule has 0 aliphatic carbocycles. The van der Waals surface area contributed by atoms with E-state index in [4.69, 9.17) is 15.3 Å². The molecular weight excluding hydrogens is 188 g/mol. The fourth-order valence-corrected chi connectivity index (χ4v) is 1.22. The summed E-state index contributed by atoms with van der Waals surface area (Å²) in [4.78, 5) is 0. The molecule has 3 nitrogen and oxygen atoms in total. The minimum absolute atomic E-state index is 0.161. The molecule has 1 aromatic carbocycles. The van der Waals surface area contributed by atoms with E-state index in [1.54, 1.807) is 12.1 Å². The van der Waals surface area contributed by atoms with Gasteiger partial charge in [-0.1, -0.05) is 30.3 Å². The first-order valence-corrected chi connectivity index (χ1v) is 4.41. The number of nitriles is 2. The summed E-state index contributed by atoms with van der Waals surface area (Å²) in [6.07, 6.45) is 0. The number of nitrogens with zero attached hydrogens (tertiary/aromatic N) is 2. The van der Waals surface area contributed by atoms with Crippen LogP contribution < -0.4 is 0 Å². The van der Waals surface area contributed by atoms with Gasteiger partial charge >= 0.3 is 0 Å². The average Bonchev–Trinajstić information content (AvgIpc) is 2.30. The van der Waals surface area contributed by atoms with E-state index in [-0.39, 0.29) is 6.61 Å². The van der Waals surface area contributed by atoms with Gasteiger partial charge in [0, 0.05) is 7.11 Å². The van der Waals surface area contributed by atoms with Crippen molar-refractivity contribution < 1.29 is 4.74 Å². The third-order valence-electron chi connectivity index (χ3n) is 1.90. The summed E-state index contributed by atoms with van der Waals surface area (Å²) in [5, 5.41) is 17.9. The molecule has 0 atom stereocenters. The van der Waals surface area contributed by atoms with Gasteiger partial charge < -0.3 is 4.74 Å². The monoisotopic (exact) mass is 198 g/mol. The Bertz CT molecular complexity index is 435. The lowest BCUT2D eigenvalue weighted by molar-refractivity contribution is 0.229. The maximum absolute atomic E-state index is 8.99. The molecule has 15 heavy (non-hydrogen) atoms. The summed E-state index contributed by atoms with van der Waals surface area (Å²) in [5.41, 5.74) is 1.47. The van der Waals surface area contributed by atoms with Crippen molar-refractivity contribution in [1.82, 2.24) is 0 Å². The van der Waals surface area contributed by atoms with Gasteiger partial charge in [-0.15, -0.1) is 0 Å². The van der Waals surface area contributed by atoms with Gasteiger partial charge in [-0.05, 0) is 5.56 Å². The van der Waals surface area contributed by atoms with Gasteiger partial charge in [0.2, 0.25) is 0 Å². The Kier molecular flexibility index (Phi) is 4.09. The third kappa shape index (κ3) is 2.67. The molecule has 0 amide bonds. The van der Waals surface area contributed by atoms with Crippen LogP contribution in [0.15, 0.2) is 35.9 Å². The number of benzene rings is 1. The number of rotatable bonds is 3. The molecule has 0 fully saturated rings. The number of methoxy groups -OCH3 is 1. The highest BCUT2D eigenvalue weighted by Crippen LogP contribution is 2.17. The van der Waals surface area contributed by atoms with Crippen molar-refractivity contribution in [2.75, 3.05) is 13.7 Å². The number of hydrogen-bond acceptors (Lipinski definition) is 3. The predicted molar refractivity (Wildman–Crippen MR) is 56.5 cm³/mol. The Morgan fingerprint density at radius 1 is 1.20 bits per heavy atom. The van der Waals surface area contributed by atoms with Gasteiger partial charge in [0.15, 0.2) is 0 Å². The van der Waals surface area contributed by atoms with E-state index >= 15 is 0 Å². The number of allylic oxidation sites excluding steroid dienone is 1. The van der Waals surface area contributed by atoms with Crippen LogP contribution in [0, 0.1) is 22.7 Å². The number of hydrogen-bond donors (Lipinski definition) is 0. The second-order valence-electron chi connectivity index (χ2n) is 2.88. The first kappa shape index (κ1) is 11.0. The van der Waals surface area contributed by atoms with E-state index in [0.29, 0.717) is 11.1 Å². The second kappa shape index (κ2) is 5.59. The van der Waals surface area contributed by atoms with Gasteiger partial charge in [-0.2, -0.15) is 10.5 Å². The van der Waals surface area contributed by atoms with Crippen LogP contribution in [0.2, 0.25) is 0 Å². The quantitative estimate of drug-likeness (QED) is 0.699. The summed E-state index contributed by atoms with van der Waals surface area (Å²) in [6, 6.07) is 13.1. The largest absolute Gasteiger partial charge is 0.379 e. The van der Waals surface area contributed by atoms with Crippen molar-refractivity contribution in [2.45, 2.75) is 0 Å². The summed E-state index contributed by atoms with van der Waals surface area (Å²) >= 11 is 0. The Hall–Kier alpha value is -2.10. The second-order valence-corrected chi connectivity index (χ2v) is 2.88. The highest BCUT2D eigenvalue weighted by molar-refractivity contribution is 5.81. The zero-order valence-electron chi connectivity index (χ0n) is 8.40. The molecule has 0 aliphatic heterocycles. The molecule has 0 saturated heterocycles. The molecular formula is C12H10N2O. The Balaban J connectivity index is 3.20. The van der Waals surface area contributed by atoms with Crippen molar-refractivity contribution in [3.8, 4) is 12.1 Å². The molecule has 0 saturated carbocycles. The first-order chi connectivity index (χ1) is 7.33. The topological polar surface area (TPSA) is 56.8 Å². The minimum Gasteiger partial charge on any atom is -0.379 e. The molecule has 0 heterocycles. The maximum atomic E-state index is 8.99. The van der Waals surface area contributed by atoms with Crippen LogP contribution in [0.25, 0.3) is 5.57 Å². The van der Waals surface area contributed by atoms with Crippen molar-refractivity contribution in [1.29, 1.82) is 10.5 Å². The third-order valence-corrected chi connectivity index (χ3v) is 1.90. The average molecular weight is 198 g/mol. The molecule has 0 N–H and O–H groups in total. The van der Waals surface area contributed by atoms with E-state index in [1.165, 1.54) is 7.11 Å². The van der Waals surface area contributed by atoms with Gasteiger partial charge in [0.1, 0.15) is 6.07 Å². The zero-order valence-corrected chi connectivity index (χ0v) is 8.40. The Morgan fingerprint density at radius 2 is 1.87 bits per heavy atom. The van der Waals surface area contributed by atoms with Gasteiger partial charge in [-0.25, -0.2) is 0 Å². The van der Waals surface area contributed by atoms with Gasteiger partial charge in [0.05, 0.1) is 23.8 Å². The van der Waals surface area contributed by atoms with Crippen LogP contribution in [0.4, 0.5) is 0 Å². The first-order valence-electron chi connectivity index (χ1n) is 4.41. The van der Waals surface area contributed by atoms with E-state index in [0.717, 1.165) is 5.56 Å². The molecule has 0 spiro atoms. The lowest BCUT2D eigenvalue weighted by atomic mass is 10.0. The Morgan fingerprint density at radius 3 is 2.33 bits per heavy atom. The SMILES string of the molecule is COC/C(C#N)=C(\C#N)c1ccccc1. The number of ether oxygens (including phenoxy) is 1. The summed E-state index contributed by atoms with van der Waals surface area (Å²) in [7, 11) is 1.50. The zero-order chi connectivity index (χ0) is 11.1. The molecule has 0 aliphatic rings. The van der Waals surface area contributed by atoms with Crippen molar-refractivity contribution >= 4 is 5.57 Å². The van der Waals surface area contributed by atoms with Crippen LogP contribution in [0.3, 0.4) is 0 Å². The van der Waals surface area contributed by atoms with Crippen molar-refractivity contribution in [3.05, 3.63) is 41.5 Å². The molecule has 3 heteroatoms. The molecule has 0 radical (unpaired) electrons. The van der Waals surface area contributed by atoms with Crippen LogP contribution in [-0.4, -0.2) is 13.7 Å². The van der Waals surface area contributed by atoms with E-state index in [2.05, 4.69) is 0 Å². The highest BCUT2D eigenvalue weighted by Gasteiger charge is 2.07. The van der Waals surface area contributed by atoms with Crippen LogP contribution in [0.1, 0.15) is 5.56 Å². The van der Waals surface area contributed by atoms with Gasteiger partial charge in [0.25, 0.3) is 0 Å². The Labute approximate surface area is 88.8 Å². The lowest BCUT2D eigenvalue weighted by Gasteiger charge is -2.02. The van der Waals surface area contributed by atoms with Crippen molar-refractivity contribution in [3.63, 3.8) is 0 Å².